The van der Waals surface area contributed by atoms with Gasteiger partial charge in [0.2, 0.25) is 0 Å². The number of rotatable bonds is 5. The van der Waals surface area contributed by atoms with Crippen molar-refractivity contribution in [2.75, 3.05) is 18.0 Å². The number of carbonyl (C=O) groups excluding carboxylic acids is 1. The van der Waals surface area contributed by atoms with Gasteiger partial charge in [-0.1, -0.05) is 0 Å². The summed E-state index contributed by atoms with van der Waals surface area (Å²) in [6.07, 6.45) is 2.35. The average Bonchev–Trinajstić information content (AvgIpc) is 3.36. The molecule has 0 atom stereocenters. The van der Waals surface area contributed by atoms with Crippen LogP contribution in [0.5, 0.6) is 0 Å². The minimum Gasteiger partial charge on any atom is -0.357 e. The Labute approximate surface area is 168 Å². The van der Waals surface area contributed by atoms with Crippen LogP contribution >= 0.6 is 0 Å². The Morgan fingerprint density at radius 1 is 1.14 bits per heavy atom. The summed E-state index contributed by atoms with van der Waals surface area (Å²) in [5.41, 5.74) is 2.65. The van der Waals surface area contributed by atoms with E-state index in [-0.39, 0.29) is 18.3 Å². The Kier molecular flexibility index (Phi) is 5.24. The van der Waals surface area contributed by atoms with Crippen molar-refractivity contribution >= 4 is 11.7 Å². The largest absolute Gasteiger partial charge is 0.357 e. The van der Waals surface area contributed by atoms with Crippen LogP contribution in [0.1, 0.15) is 34.8 Å². The van der Waals surface area contributed by atoms with Gasteiger partial charge in [-0.3, -0.25) is 9.48 Å². The third-order valence-electron chi connectivity index (χ3n) is 4.98. The molecule has 1 aliphatic heterocycles. The Bertz CT molecular complexity index is 1020. The molecule has 1 aromatic carbocycles. The first-order valence-corrected chi connectivity index (χ1v) is 9.67. The van der Waals surface area contributed by atoms with Crippen LogP contribution in [-0.2, 0) is 13.6 Å². The molecule has 3 heterocycles. The zero-order valence-electron chi connectivity index (χ0n) is 16.5. The second-order valence-corrected chi connectivity index (χ2v) is 7.21. The highest BCUT2D eigenvalue weighted by Crippen LogP contribution is 2.20. The Hall–Kier alpha value is -3.29. The number of aromatic nitrogens is 4. The van der Waals surface area contributed by atoms with E-state index in [1.807, 2.05) is 13.0 Å². The zero-order chi connectivity index (χ0) is 20.4. The van der Waals surface area contributed by atoms with Crippen molar-refractivity contribution in [2.24, 2.45) is 7.05 Å². The highest BCUT2D eigenvalue weighted by molar-refractivity contribution is 5.93. The van der Waals surface area contributed by atoms with Gasteiger partial charge in [0.25, 0.3) is 5.91 Å². The zero-order valence-corrected chi connectivity index (χ0v) is 16.5. The first-order valence-electron chi connectivity index (χ1n) is 9.67. The van der Waals surface area contributed by atoms with Gasteiger partial charge in [0, 0.05) is 37.5 Å². The molecule has 1 amide bonds. The van der Waals surface area contributed by atoms with E-state index in [4.69, 9.17) is 0 Å². The number of halogens is 1. The number of carbonyl (C=O) groups is 1. The predicted molar refractivity (Wildman–Crippen MR) is 108 cm³/mol. The first kappa shape index (κ1) is 19.0. The van der Waals surface area contributed by atoms with Crippen LogP contribution in [0.15, 0.2) is 36.4 Å². The van der Waals surface area contributed by atoms with Gasteiger partial charge in [-0.05, 0) is 50.1 Å². The van der Waals surface area contributed by atoms with Crippen molar-refractivity contribution in [2.45, 2.75) is 26.3 Å². The van der Waals surface area contributed by atoms with Crippen molar-refractivity contribution in [1.82, 2.24) is 25.1 Å². The summed E-state index contributed by atoms with van der Waals surface area (Å²) >= 11 is 0. The molecule has 2 aromatic heterocycles. The fraction of sp³-hybridized carbons (Fsp3) is 0.333. The summed E-state index contributed by atoms with van der Waals surface area (Å²) in [5, 5.41) is 7.23. The third kappa shape index (κ3) is 4.26. The van der Waals surface area contributed by atoms with Crippen molar-refractivity contribution in [1.29, 1.82) is 0 Å². The number of nitrogens with zero attached hydrogens (tertiary/aromatic N) is 5. The van der Waals surface area contributed by atoms with E-state index in [1.54, 1.807) is 25.2 Å². The molecular formula is C21H23FN6O. The van der Waals surface area contributed by atoms with E-state index in [1.165, 1.54) is 29.7 Å². The summed E-state index contributed by atoms with van der Waals surface area (Å²) in [5.74, 6) is 0.926. The topological polar surface area (TPSA) is 75.9 Å². The van der Waals surface area contributed by atoms with Gasteiger partial charge in [0.05, 0.1) is 12.2 Å². The van der Waals surface area contributed by atoms with Gasteiger partial charge >= 0.3 is 0 Å². The van der Waals surface area contributed by atoms with E-state index < -0.39 is 0 Å². The minimum absolute atomic E-state index is 0.235. The molecule has 29 heavy (non-hydrogen) atoms. The monoisotopic (exact) mass is 394 g/mol. The minimum atomic E-state index is -0.311. The maximum Gasteiger partial charge on any atom is 0.269 e. The lowest BCUT2D eigenvalue weighted by molar-refractivity contribution is 0.0940. The molecule has 1 N–H and O–H groups in total. The standard InChI is InChI=1S/C21H23FN6O/c1-14-11-20(28-9-3-4-10-28)25-19(24-14)13-23-21(29)18-12-17(26-27(18)2)15-5-7-16(22)8-6-15/h5-8,11-12H,3-4,9-10,13H2,1-2H3,(H,23,29). The van der Waals surface area contributed by atoms with Crippen LogP contribution in [0.3, 0.4) is 0 Å². The molecule has 1 aliphatic rings. The van der Waals surface area contributed by atoms with Gasteiger partial charge in [-0.15, -0.1) is 0 Å². The number of aryl methyl sites for hydroxylation is 2. The van der Waals surface area contributed by atoms with Crippen LogP contribution in [0.25, 0.3) is 11.3 Å². The molecule has 4 rings (SSSR count). The number of benzene rings is 1. The summed E-state index contributed by atoms with van der Waals surface area (Å²) in [4.78, 5) is 24.0. The SMILES string of the molecule is Cc1cc(N2CCCC2)nc(CNC(=O)c2cc(-c3ccc(F)cc3)nn2C)n1. The molecule has 8 heteroatoms. The van der Waals surface area contributed by atoms with Crippen molar-refractivity contribution in [3.63, 3.8) is 0 Å². The predicted octanol–water partition coefficient (Wildman–Crippen LogP) is 2.85. The summed E-state index contributed by atoms with van der Waals surface area (Å²) in [6.45, 7) is 4.17. The van der Waals surface area contributed by atoms with Crippen molar-refractivity contribution in [3.8, 4) is 11.3 Å². The highest BCUT2D eigenvalue weighted by Gasteiger charge is 2.17. The normalized spacial score (nSPS) is 13.7. The number of anilines is 1. The first-order chi connectivity index (χ1) is 14.0. The third-order valence-corrected chi connectivity index (χ3v) is 4.98. The van der Waals surface area contributed by atoms with Gasteiger partial charge in [0.1, 0.15) is 23.2 Å². The van der Waals surface area contributed by atoms with E-state index >= 15 is 0 Å². The van der Waals surface area contributed by atoms with E-state index in [9.17, 15) is 9.18 Å². The molecule has 0 aliphatic carbocycles. The maximum atomic E-state index is 13.1. The van der Waals surface area contributed by atoms with Gasteiger partial charge in [-0.2, -0.15) is 5.10 Å². The second kappa shape index (κ2) is 7.98. The van der Waals surface area contributed by atoms with Crippen molar-refractivity contribution < 1.29 is 9.18 Å². The molecule has 3 aromatic rings. The Morgan fingerprint density at radius 2 is 1.86 bits per heavy atom. The summed E-state index contributed by atoms with van der Waals surface area (Å²) in [6, 6.07) is 9.69. The van der Waals surface area contributed by atoms with Gasteiger partial charge in [-0.25, -0.2) is 14.4 Å². The van der Waals surface area contributed by atoms with Crippen LogP contribution in [0, 0.1) is 12.7 Å². The summed E-state index contributed by atoms with van der Waals surface area (Å²) < 4.78 is 14.6. The molecule has 0 bridgehead atoms. The van der Waals surface area contributed by atoms with Gasteiger partial charge in [0.15, 0.2) is 0 Å². The lowest BCUT2D eigenvalue weighted by Crippen LogP contribution is -2.27. The Morgan fingerprint density at radius 3 is 2.59 bits per heavy atom. The molecular weight excluding hydrogens is 371 g/mol. The van der Waals surface area contributed by atoms with E-state index in [2.05, 4.69) is 25.3 Å². The van der Waals surface area contributed by atoms with Gasteiger partial charge < -0.3 is 10.2 Å². The second-order valence-electron chi connectivity index (χ2n) is 7.21. The number of nitrogens with one attached hydrogen (secondary N) is 1. The molecule has 1 saturated heterocycles. The molecule has 0 saturated carbocycles. The van der Waals surface area contributed by atoms with E-state index in [0.717, 1.165) is 30.2 Å². The number of amides is 1. The molecule has 0 radical (unpaired) electrons. The summed E-state index contributed by atoms with van der Waals surface area (Å²) in [7, 11) is 1.70. The molecule has 0 spiro atoms. The molecule has 0 unspecified atom stereocenters. The fourth-order valence-electron chi connectivity index (χ4n) is 3.49. The fourth-order valence-corrected chi connectivity index (χ4v) is 3.49. The smallest absolute Gasteiger partial charge is 0.269 e. The number of hydrogen-bond acceptors (Lipinski definition) is 5. The average molecular weight is 394 g/mol. The molecule has 150 valence electrons. The van der Waals surface area contributed by atoms with Crippen LogP contribution in [-0.4, -0.2) is 38.7 Å². The van der Waals surface area contributed by atoms with Crippen LogP contribution in [0.2, 0.25) is 0 Å². The van der Waals surface area contributed by atoms with Crippen LogP contribution in [0.4, 0.5) is 10.2 Å². The van der Waals surface area contributed by atoms with Crippen molar-refractivity contribution in [3.05, 3.63) is 59.4 Å². The lowest BCUT2D eigenvalue weighted by atomic mass is 10.1. The molecule has 7 nitrogen and oxygen atoms in total. The van der Waals surface area contributed by atoms with Crippen LogP contribution < -0.4 is 10.2 Å². The quantitative estimate of drug-likeness (QED) is 0.720. The molecule has 1 fully saturated rings. The number of hydrogen-bond donors (Lipinski definition) is 1. The highest BCUT2D eigenvalue weighted by atomic mass is 19.1. The van der Waals surface area contributed by atoms with E-state index in [0.29, 0.717) is 17.2 Å². The lowest BCUT2D eigenvalue weighted by Gasteiger charge is -2.17. The Balaban J connectivity index is 1.47. The maximum absolute atomic E-state index is 13.1.